The van der Waals surface area contributed by atoms with Gasteiger partial charge < -0.3 is 4.74 Å². The van der Waals surface area contributed by atoms with Crippen LogP contribution in [0.3, 0.4) is 0 Å². The first-order valence-electron chi connectivity index (χ1n) is 4.39. The Kier molecular flexibility index (Phi) is 3.79. The van der Waals surface area contributed by atoms with Crippen LogP contribution in [0, 0.1) is 10.1 Å². The van der Waals surface area contributed by atoms with Crippen molar-refractivity contribution in [3.63, 3.8) is 0 Å². The van der Waals surface area contributed by atoms with Crippen molar-refractivity contribution in [1.82, 2.24) is 0 Å². The number of methoxy groups -OCH3 is 1. The summed E-state index contributed by atoms with van der Waals surface area (Å²) >= 11 is 0. The molecule has 5 heteroatoms. The van der Waals surface area contributed by atoms with Gasteiger partial charge in [-0.2, -0.15) is 0 Å². The molecule has 0 spiro atoms. The number of nitro groups is 1. The van der Waals surface area contributed by atoms with E-state index in [4.69, 9.17) is 0 Å². The zero-order chi connectivity index (χ0) is 11.3. The van der Waals surface area contributed by atoms with Gasteiger partial charge in [-0.05, 0) is 5.56 Å². The smallest absolute Gasteiger partial charge is 0.319 e. The summed E-state index contributed by atoms with van der Waals surface area (Å²) in [7, 11) is 1.22. The van der Waals surface area contributed by atoms with Crippen molar-refractivity contribution in [2.75, 3.05) is 13.7 Å². The summed E-state index contributed by atoms with van der Waals surface area (Å²) in [5.41, 5.74) is 0.598. The second-order valence-corrected chi connectivity index (χ2v) is 3.00. The zero-order valence-corrected chi connectivity index (χ0v) is 8.25. The van der Waals surface area contributed by atoms with E-state index in [0.29, 0.717) is 5.56 Å². The van der Waals surface area contributed by atoms with Crippen LogP contribution >= 0.6 is 0 Å². The monoisotopic (exact) mass is 209 g/mol. The minimum absolute atomic E-state index is 0.448. The van der Waals surface area contributed by atoms with E-state index >= 15 is 0 Å². The molecular formula is C10H11NO4. The lowest BCUT2D eigenvalue weighted by atomic mass is 10.00. The van der Waals surface area contributed by atoms with Gasteiger partial charge in [0.1, 0.15) is 5.92 Å². The van der Waals surface area contributed by atoms with E-state index in [1.165, 1.54) is 7.11 Å². The molecule has 0 bridgehead atoms. The van der Waals surface area contributed by atoms with Gasteiger partial charge in [0.25, 0.3) is 0 Å². The topological polar surface area (TPSA) is 69.4 Å². The summed E-state index contributed by atoms with van der Waals surface area (Å²) < 4.78 is 4.52. The summed E-state index contributed by atoms with van der Waals surface area (Å²) in [4.78, 5) is 21.2. The van der Waals surface area contributed by atoms with Crippen LogP contribution < -0.4 is 0 Å². The van der Waals surface area contributed by atoms with E-state index in [9.17, 15) is 14.9 Å². The van der Waals surface area contributed by atoms with E-state index < -0.39 is 23.4 Å². The standard InChI is InChI=1S/C10H11NO4/c1-15-10(12)9(7-11(13)14)8-5-3-2-4-6-8/h2-6,9H,7H2,1H3/t9-/m0/s1. The van der Waals surface area contributed by atoms with Gasteiger partial charge in [0.15, 0.2) is 0 Å². The van der Waals surface area contributed by atoms with Crippen LogP contribution in [0.2, 0.25) is 0 Å². The summed E-state index contributed by atoms with van der Waals surface area (Å²) in [5.74, 6) is -1.41. The van der Waals surface area contributed by atoms with Crippen LogP contribution in [0.4, 0.5) is 0 Å². The highest BCUT2D eigenvalue weighted by Gasteiger charge is 2.26. The van der Waals surface area contributed by atoms with Crippen LogP contribution in [-0.4, -0.2) is 24.5 Å². The largest absolute Gasteiger partial charge is 0.468 e. The molecule has 5 nitrogen and oxygen atoms in total. The third-order valence-corrected chi connectivity index (χ3v) is 2.02. The number of hydrogen-bond donors (Lipinski definition) is 0. The summed E-state index contributed by atoms with van der Waals surface area (Å²) in [6.07, 6.45) is 0. The first kappa shape index (κ1) is 11.2. The number of carbonyl (C=O) groups is 1. The number of hydrogen-bond acceptors (Lipinski definition) is 4. The van der Waals surface area contributed by atoms with Crippen LogP contribution in [-0.2, 0) is 9.53 Å². The molecule has 0 aliphatic rings. The molecule has 80 valence electrons. The number of ether oxygens (including phenoxy) is 1. The lowest BCUT2D eigenvalue weighted by Gasteiger charge is -2.10. The molecule has 1 rings (SSSR count). The Morgan fingerprint density at radius 2 is 2.07 bits per heavy atom. The van der Waals surface area contributed by atoms with Crippen molar-refractivity contribution >= 4 is 5.97 Å². The van der Waals surface area contributed by atoms with Crippen molar-refractivity contribution in [3.8, 4) is 0 Å². The predicted molar refractivity (Wildman–Crippen MR) is 53.1 cm³/mol. The third kappa shape index (κ3) is 3.05. The maximum Gasteiger partial charge on any atom is 0.319 e. The number of rotatable bonds is 4. The average Bonchev–Trinajstić information content (AvgIpc) is 2.26. The van der Waals surface area contributed by atoms with Gasteiger partial charge in [0.05, 0.1) is 7.11 Å². The van der Waals surface area contributed by atoms with Crippen molar-refractivity contribution in [1.29, 1.82) is 0 Å². The Labute approximate surface area is 86.8 Å². The molecule has 1 aromatic carbocycles. The summed E-state index contributed by atoms with van der Waals surface area (Å²) in [6.45, 7) is -0.448. The quantitative estimate of drug-likeness (QED) is 0.424. The van der Waals surface area contributed by atoms with E-state index in [-0.39, 0.29) is 0 Å². The summed E-state index contributed by atoms with van der Waals surface area (Å²) in [5, 5.41) is 10.4. The van der Waals surface area contributed by atoms with E-state index in [2.05, 4.69) is 4.74 Å². The number of nitrogens with zero attached hydrogens (tertiary/aromatic N) is 1. The van der Waals surface area contributed by atoms with Crippen LogP contribution in [0.25, 0.3) is 0 Å². The minimum Gasteiger partial charge on any atom is -0.468 e. The molecular weight excluding hydrogens is 198 g/mol. The van der Waals surface area contributed by atoms with E-state index in [1.54, 1.807) is 30.3 Å². The molecule has 0 fully saturated rings. The van der Waals surface area contributed by atoms with Gasteiger partial charge in [0, 0.05) is 4.92 Å². The fourth-order valence-electron chi connectivity index (χ4n) is 1.29. The lowest BCUT2D eigenvalue weighted by molar-refractivity contribution is -0.481. The Morgan fingerprint density at radius 3 is 2.53 bits per heavy atom. The number of esters is 1. The van der Waals surface area contributed by atoms with E-state index in [0.717, 1.165) is 0 Å². The molecule has 1 aromatic rings. The van der Waals surface area contributed by atoms with Gasteiger partial charge >= 0.3 is 5.97 Å². The van der Waals surface area contributed by atoms with E-state index in [1.807, 2.05) is 0 Å². The first-order valence-corrected chi connectivity index (χ1v) is 4.39. The second-order valence-electron chi connectivity index (χ2n) is 3.00. The highest BCUT2D eigenvalue weighted by molar-refractivity contribution is 5.78. The molecule has 15 heavy (non-hydrogen) atoms. The molecule has 0 aromatic heterocycles. The Bertz CT molecular complexity index is 350. The second kappa shape index (κ2) is 5.09. The van der Waals surface area contributed by atoms with Crippen molar-refractivity contribution < 1.29 is 14.5 Å². The molecule has 0 saturated carbocycles. The molecule has 0 radical (unpaired) electrons. The zero-order valence-electron chi connectivity index (χ0n) is 8.25. The molecule has 0 aliphatic heterocycles. The lowest BCUT2D eigenvalue weighted by Crippen LogP contribution is -2.22. The fourth-order valence-corrected chi connectivity index (χ4v) is 1.29. The summed E-state index contributed by atoms with van der Waals surface area (Å²) in [6, 6.07) is 8.58. The molecule has 0 saturated heterocycles. The van der Waals surface area contributed by atoms with Crippen LogP contribution in [0.15, 0.2) is 30.3 Å². The maximum absolute atomic E-state index is 11.3. The normalized spacial score (nSPS) is 11.8. The molecule has 0 aliphatic carbocycles. The SMILES string of the molecule is COC(=O)[C@@H](C[N+](=O)[O-])c1ccccc1. The molecule has 0 N–H and O–H groups in total. The van der Waals surface area contributed by atoms with Crippen molar-refractivity contribution in [2.45, 2.75) is 5.92 Å². The first-order chi connectivity index (χ1) is 7.15. The van der Waals surface area contributed by atoms with Gasteiger partial charge in [-0.15, -0.1) is 0 Å². The fraction of sp³-hybridized carbons (Fsp3) is 0.300. The predicted octanol–water partition coefficient (Wildman–Crippen LogP) is 1.22. The molecule has 0 amide bonds. The Hall–Kier alpha value is -1.91. The van der Waals surface area contributed by atoms with Crippen molar-refractivity contribution in [2.24, 2.45) is 0 Å². The molecule has 1 atom stereocenters. The number of benzene rings is 1. The van der Waals surface area contributed by atoms with Gasteiger partial charge in [0.2, 0.25) is 6.54 Å². The average molecular weight is 209 g/mol. The van der Waals surface area contributed by atoms with Crippen molar-refractivity contribution in [3.05, 3.63) is 46.0 Å². The molecule has 0 unspecified atom stereocenters. The Morgan fingerprint density at radius 1 is 1.47 bits per heavy atom. The van der Waals surface area contributed by atoms with Crippen LogP contribution in [0.5, 0.6) is 0 Å². The third-order valence-electron chi connectivity index (χ3n) is 2.02. The Balaban J connectivity index is 2.91. The molecule has 0 heterocycles. The number of carbonyl (C=O) groups excluding carboxylic acids is 1. The maximum atomic E-state index is 11.3. The highest BCUT2D eigenvalue weighted by atomic mass is 16.6. The van der Waals surface area contributed by atoms with Crippen LogP contribution in [0.1, 0.15) is 11.5 Å². The van der Waals surface area contributed by atoms with Gasteiger partial charge in [-0.1, -0.05) is 30.3 Å². The van der Waals surface area contributed by atoms with Gasteiger partial charge in [-0.25, -0.2) is 0 Å². The minimum atomic E-state index is -0.828. The highest BCUT2D eigenvalue weighted by Crippen LogP contribution is 2.17. The van der Waals surface area contributed by atoms with Gasteiger partial charge in [-0.3, -0.25) is 14.9 Å².